The monoisotopic (exact) mass is 354 g/mol. The van der Waals surface area contributed by atoms with Crippen molar-refractivity contribution in [2.24, 2.45) is 11.5 Å². The molecular formula is C18H24Cl2N2O. The second-order valence-corrected chi connectivity index (χ2v) is 5.77. The number of ether oxygens (including phenoxy) is 1. The van der Waals surface area contributed by atoms with Crippen LogP contribution in [0.3, 0.4) is 0 Å². The van der Waals surface area contributed by atoms with Crippen molar-refractivity contribution in [3.63, 3.8) is 0 Å². The summed E-state index contributed by atoms with van der Waals surface area (Å²) < 4.78 is 5.73. The van der Waals surface area contributed by atoms with Gasteiger partial charge in [0.1, 0.15) is 12.2 Å². The van der Waals surface area contributed by atoms with Crippen LogP contribution in [0.15, 0.2) is 60.7 Å². The van der Waals surface area contributed by atoms with Gasteiger partial charge in [0.25, 0.3) is 0 Å². The molecule has 126 valence electrons. The Hall–Kier alpha value is -1.10. The van der Waals surface area contributed by atoms with Crippen LogP contribution in [0.4, 0.5) is 0 Å². The lowest BCUT2D eigenvalue weighted by molar-refractivity contribution is 0.330. The van der Waals surface area contributed by atoms with E-state index in [0.29, 0.717) is 0 Å². The van der Waals surface area contributed by atoms with Crippen LogP contribution in [0.1, 0.15) is 11.1 Å². The van der Waals surface area contributed by atoms with Crippen molar-refractivity contribution in [2.75, 3.05) is 0 Å². The lowest BCUT2D eigenvalue weighted by Gasteiger charge is -2.12. The molecule has 2 aromatic carbocycles. The molecule has 1 aliphatic heterocycles. The molecular weight excluding hydrogens is 331 g/mol. The molecule has 5 heteroatoms. The van der Waals surface area contributed by atoms with Crippen molar-refractivity contribution < 1.29 is 4.74 Å². The SMILES string of the molecule is Cl.Cl.N[C@@H](Cc1ccccc1)[C@@H]1O[C@@H]1[C@@H](N)Cc1ccccc1. The molecule has 3 nitrogen and oxygen atoms in total. The van der Waals surface area contributed by atoms with Crippen molar-refractivity contribution in [3.8, 4) is 0 Å². The second-order valence-electron chi connectivity index (χ2n) is 5.77. The van der Waals surface area contributed by atoms with Gasteiger partial charge in [0.2, 0.25) is 0 Å². The van der Waals surface area contributed by atoms with Crippen molar-refractivity contribution >= 4 is 24.8 Å². The van der Waals surface area contributed by atoms with E-state index in [4.69, 9.17) is 16.2 Å². The van der Waals surface area contributed by atoms with Crippen LogP contribution in [0.2, 0.25) is 0 Å². The molecule has 1 fully saturated rings. The number of benzene rings is 2. The topological polar surface area (TPSA) is 64.6 Å². The van der Waals surface area contributed by atoms with E-state index in [1.807, 2.05) is 36.4 Å². The molecule has 0 spiro atoms. The van der Waals surface area contributed by atoms with Crippen LogP contribution >= 0.6 is 24.8 Å². The third-order valence-electron chi connectivity index (χ3n) is 4.03. The summed E-state index contributed by atoms with van der Waals surface area (Å²) in [4.78, 5) is 0. The lowest BCUT2D eigenvalue weighted by atomic mass is 9.97. The van der Waals surface area contributed by atoms with Gasteiger partial charge in [-0.15, -0.1) is 24.8 Å². The predicted octanol–water partition coefficient (Wildman–Crippen LogP) is 2.74. The van der Waals surface area contributed by atoms with Crippen LogP contribution in [0.5, 0.6) is 0 Å². The highest BCUT2D eigenvalue weighted by atomic mass is 35.5. The minimum Gasteiger partial charge on any atom is -0.366 e. The van der Waals surface area contributed by atoms with Crippen LogP contribution in [0, 0.1) is 0 Å². The van der Waals surface area contributed by atoms with Gasteiger partial charge in [-0.2, -0.15) is 0 Å². The number of epoxide rings is 1. The molecule has 4 atom stereocenters. The average molecular weight is 355 g/mol. The van der Waals surface area contributed by atoms with Crippen LogP contribution in [0.25, 0.3) is 0 Å². The molecule has 1 saturated heterocycles. The second kappa shape index (κ2) is 9.26. The van der Waals surface area contributed by atoms with Gasteiger partial charge in [-0.25, -0.2) is 0 Å². The maximum Gasteiger partial charge on any atom is 0.101 e. The van der Waals surface area contributed by atoms with Crippen LogP contribution in [-0.4, -0.2) is 24.3 Å². The third-order valence-corrected chi connectivity index (χ3v) is 4.03. The van der Waals surface area contributed by atoms with E-state index in [1.165, 1.54) is 11.1 Å². The molecule has 0 aliphatic carbocycles. The standard InChI is InChI=1S/C18H22N2O.2ClH/c19-15(11-13-7-3-1-4-8-13)17-18(21-17)16(20)12-14-9-5-2-6-10-14;;/h1-10,15-18H,11-12,19-20H2;2*1H/t15-,16-,17-,18+;;/m0../s1. The highest BCUT2D eigenvalue weighted by molar-refractivity contribution is 5.85. The zero-order valence-corrected chi connectivity index (χ0v) is 14.5. The largest absolute Gasteiger partial charge is 0.366 e. The Morgan fingerprint density at radius 3 is 1.39 bits per heavy atom. The van der Waals surface area contributed by atoms with Gasteiger partial charge in [-0.3, -0.25) is 0 Å². The smallest absolute Gasteiger partial charge is 0.101 e. The Morgan fingerprint density at radius 2 is 1.04 bits per heavy atom. The fraction of sp³-hybridized carbons (Fsp3) is 0.333. The molecule has 0 unspecified atom stereocenters. The van der Waals surface area contributed by atoms with Gasteiger partial charge < -0.3 is 16.2 Å². The summed E-state index contributed by atoms with van der Waals surface area (Å²) in [6.07, 6.45) is 1.84. The fourth-order valence-electron chi connectivity index (χ4n) is 2.83. The molecule has 4 N–H and O–H groups in total. The highest BCUT2D eigenvalue weighted by Crippen LogP contribution is 2.29. The van der Waals surface area contributed by atoms with Gasteiger partial charge in [0.05, 0.1) is 0 Å². The van der Waals surface area contributed by atoms with E-state index in [0.717, 1.165) is 12.8 Å². The van der Waals surface area contributed by atoms with Crippen molar-refractivity contribution in [3.05, 3.63) is 71.8 Å². The van der Waals surface area contributed by atoms with E-state index in [-0.39, 0.29) is 49.1 Å². The Bertz CT molecular complexity index is 516. The first-order valence-corrected chi connectivity index (χ1v) is 7.48. The summed E-state index contributed by atoms with van der Waals surface area (Å²) in [6.45, 7) is 0. The summed E-state index contributed by atoms with van der Waals surface area (Å²) in [7, 11) is 0. The normalized spacial score (nSPS) is 21.5. The minimum atomic E-state index is 0. The van der Waals surface area contributed by atoms with E-state index in [2.05, 4.69) is 24.3 Å². The third kappa shape index (κ3) is 5.48. The molecule has 0 radical (unpaired) electrons. The minimum absolute atomic E-state index is 0. The lowest BCUT2D eigenvalue weighted by Crippen LogP contribution is -2.37. The van der Waals surface area contributed by atoms with Gasteiger partial charge in [0, 0.05) is 12.1 Å². The van der Waals surface area contributed by atoms with Crippen molar-refractivity contribution in [1.82, 2.24) is 0 Å². The maximum absolute atomic E-state index is 6.25. The number of halogens is 2. The van der Waals surface area contributed by atoms with Crippen LogP contribution < -0.4 is 11.5 Å². The molecule has 0 amide bonds. The van der Waals surface area contributed by atoms with Gasteiger partial charge in [0.15, 0.2) is 0 Å². The zero-order valence-electron chi connectivity index (χ0n) is 12.9. The Kier molecular flexibility index (Phi) is 8.03. The van der Waals surface area contributed by atoms with Crippen molar-refractivity contribution in [2.45, 2.75) is 37.1 Å². The Labute approximate surface area is 150 Å². The highest BCUT2D eigenvalue weighted by Gasteiger charge is 2.46. The zero-order chi connectivity index (χ0) is 14.7. The first-order chi connectivity index (χ1) is 10.2. The first kappa shape index (κ1) is 19.9. The molecule has 1 heterocycles. The Balaban J connectivity index is 0.00000132. The number of hydrogen-bond acceptors (Lipinski definition) is 3. The summed E-state index contributed by atoms with van der Waals surface area (Å²) in [5.41, 5.74) is 15.0. The molecule has 23 heavy (non-hydrogen) atoms. The van der Waals surface area contributed by atoms with E-state index < -0.39 is 0 Å². The van der Waals surface area contributed by atoms with Crippen molar-refractivity contribution in [1.29, 1.82) is 0 Å². The first-order valence-electron chi connectivity index (χ1n) is 7.48. The number of nitrogens with two attached hydrogens (primary N) is 2. The summed E-state index contributed by atoms with van der Waals surface area (Å²) in [6, 6.07) is 20.6. The number of hydrogen-bond donors (Lipinski definition) is 2. The summed E-state index contributed by atoms with van der Waals surface area (Å²) in [5, 5.41) is 0. The molecule has 0 saturated carbocycles. The fourth-order valence-corrected chi connectivity index (χ4v) is 2.83. The summed E-state index contributed by atoms with van der Waals surface area (Å²) in [5.74, 6) is 0. The summed E-state index contributed by atoms with van der Waals surface area (Å²) >= 11 is 0. The Morgan fingerprint density at radius 1 is 0.696 bits per heavy atom. The number of rotatable bonds is 6. The van der Waals surface area contributed by atoms with Crippen LogP contribution in [-0.2, 0) is 17.6 Å². The van der Waals surface area contributed by atoms with Gasteiger partial charge in [-0.1, -0.05) is 60.7 Å². The molecule has 3 rings (SSSR count). The molecule has 0 bridgehead atoms. The van der Waals surface area contributed by atoms with E-state index in [9.17, 15) is 0 Å². The van der Waals surface area contributed by atoms with E-state index in [1.54, 1.807) is 0 Å². The average Bonchev–Trinajstić information content (AvgIpc) is 3.30. The quantitative estimate of drug-likeness (QED) is 0.783. The van der Waals surface area contributed by atoms with Gasteiger partial charge in [-0.05, 0) is 24.0 Å². The van der Waals surface area contributed by atoms with E-state index >= 15 is 0 Å². The molecule has 0 aromatic heterocycles. The molecule has 2 aromatic rings. The maximum atomic E-state index is 6.25. The predicted molar refractivity (Wildman–Crippen MR) is 99.4 cm³/mol. The van der Waals surface area contributed by atoms with Gasteiger partial charge >= 0.3 is 0 Å². The molecule has 1 aliphatic rings.